The van der Waals surface area contributed by atoms with Gasteiger partial charge in [-0.15, -0.1) is 5.10 Å². The Morgan fingerprint density at radius 3 is 2.79 bits per heavy atom. The summed E-state index contributed by atoms with van der Waals surface area (Å²) in [6.07, 6.45) is 6.28. The second-order valence-electron chi connectivity index (χ2n) is 8.21. The van der Waals surface area contributed by atoms with Gasteiger partial charge in [-0.2, -0.15) is 0 Å². The molecule has 2 N–H and O–H groups in total. The molecule has 1 amide bonds. The second kappa shape index (κ2) is 5.81. The third-order valence-corrected chi connectivity index (χ3v) is 5.70. The van der Waals surface area contributed by atoms with Gasteiger partial charge < -0.3 is 10.4 Å². The van der Waals surface area contributed by atoms with E-state index in [1.165, 1.54) is 0 Å². The third-order valence-electron chi connectivity index (χ3n) is 5.70. The minimum absolute atomic E-state index is 0.151. The van der Waals surface area contributed by atoms with Crippen LogP contribution in [0.3, 0.4) is 0 Å². The van der Waals surface area contributed by atoms with Crippen molar-refractivity contribution >= 4 is 5.91 Å². The molecule has 1 aromatic heterocycles. The van der Waals surface area contributed by atoms with Crippen LogP contribution in [-0.2, 0) is 16.9 Å². The van der Waals surface area contributed by atoms with Crippen molar-refractivity contribution in [1.29, 1.82) is 0 Å². The maximum absolute atomic E-state index is 12.4. The fourth-order valence-electron chi connectivity index (χ4n) is 4.04. The monoisotopic (exact) mass is 333 g/mol. The molecule has 1 saturated carbocycles. The van der Waals surface area contributed by atoms with Crippen LogP contribution in [0.25, 0.3) is 0 Å². The van der Waals surface area contributed by atoms with Gasteiger partial charge in [0.1, 0.15) is 11.3 Å². The second-order valence-corrected chi connectivity index (χ2v) is 8.21. The summed E-state index contributed by atoms with van der Waals surface area (Å²) in [6.45, 7) is 6.14. The van der Waals surface area contributed by atoms with Gasteiger partial charge in [0.15, 0.2) is 0 Å². The molecule has 3 aliphatic heterocycles. The van der Waals surface area contributed by atoms with E-state index in [-0.39, 0.29) is 11.8 Å². The standard InChI is InChI=1S/C17H27N5O2/c1-17(2,24)15-10-22(20-19-15)8-13-7-11-5-6-21(13)9-14(11)16(23)18-12-3-4-12/h10-14,24H,3-9H2,1-2H3,(H,18,23). The lowest BCUT2D eigenvalue weighted by Gasteiger charge is -2.49. The number of hydrogen-bond donors (Lipinski definition) is 2. The van der Waals surface area contributed by atoms with Crippen LogP contribution in [0.5, 0.6) is 0 Å². The number of fused-ring (bicyclic) bond motifs is 3. The predicted octanol–water partition coefficient (Wildman–Crippen LogP) is 0.495. The Hall–Kier alpha value is -1.47. The molecule has 0 aromatic carbocycles. The van der Waals surface area contributed by atoms with Crippen LogP contribution in [0.4, 0.5) is 0 Å². The van der Waals surface area contributed by atoms with Crippen molar-refractivity contribution in [2.24, 2.45) is 11.8 Å². The first-order valence-corrected chi connectivity index (χ1v) is 9.07. The zero-order valence-corrected chi connectivity index (χ0v) is 14.5. The maximum atomic E-state index is 12.4. The van der Waals surface area contributed by atoms with Crippen molar-refractivity contribution in [2.75, 3.05) is 13.1 Å². The smallest absolute Gasteiger partial charge is 0.224 e. The molecule has 4 atom stereocenters. The molecule has 4 unspecified atom stereocenters. The molecule has 0 radical (unpaired) electrons. The van der Waals surface area contributed by atoms with E-state index in [0.29, 0.717) is 23.7 Å². The van der Waals surface area contributed by atoms with Crippen LogP contribution in [-0.4, -0.2) is 56.1 Å². The highest BCUT2D eigenvalue weighted by atomic mass is 16.3. The molecule has 5 rings (SSSR count). The van der Waals surface area contributed by atoms with E-state index in [4.69, 9.17) is 0 Å². The van der Waals surface area contributed by atoms with E-state index in [9.17, 15) is 9.90 Å². The molecule has 1 aliphatic carbocycles. The highest BCUT2D eigenvalue weighted by molar-refractivity contribution is 5.80. The van der Waals surface area contributed by atoms with Gasteiger partial charge in [0.2, 0.25) is 5.91 Å². The number of carbonyl (C=O) groups excluding carboxylic acids is 1. The lowest BCUT2D eigenvalue weighted by atomic mass is 9.75. The van der Waals surface area contributed by atoms with Crippen molar-refractivity contribution in [3.63, 3.8) is 0 Å². The SMILES string of the molecule is CC(C)(O)c1cn(CC2CC3CCN2CC3C(=O)NC2CC2)nn1. The Labute approximate surface area is 142 Å². The Morgan fingerprint density at radius 2 is 2.21 bits per heavy atom. The molecule has 24 heavy (non-hydrogen) atoms. The molecule has 1 aromatic rings. The summed E-state index contributed by atoms with van der Waals surface area (Å²) in [4.78, 5) is 14.9. The van der Waals surface area contributed by atoms with Crippen molar-refractivity contribution in [3.05, 3.63) is 11.9 Å². The number of carbonyl (C=O) groups is 1. The molecular formula is C17H27N5O2. The topological polar surface area (TPSA) is 83.3 Å². The summed E-state index contributed by atoms with van der Waals surface area (Å²) in [6, 6.07) is 0.851. The van der Waals surface area contributed by atoms with Gasteiger partial charge in [0.05, 0.1) is 18.7 Å². The Morgan fingerprint density at radius 1 is 1.42 bits per heavy atom. The Bertz CT molecular complexity index is 619. The minimum Gasteiger partial charge on any atom is -0.384 e. The van der Waals surface area contributed by atoms with Gasteiger partial charge in [-0.25, -0.2) is 0 Å². The third kappa shape index (κ3) is 3.19. The molecule has 4 heterocycles. The average Bonchev–Trinajstić information content (AvgIpc) is 3.21. The van der Waals surface area contributed by atoms with Crippen molar-refractivity contribution in [1.82, 2.24) is 25.2 Å². The lowest BCUT2D eigenvalue weighted by Crippen LogP contribution is -2.58. The predicted molar refractivity (Wildman–Crippen MR) is 88.0 cm³/mol. The number of rotatable bonds is 5. The quantitative estimate of drug-likeness (QED) is 0.820. The van der Waals surface area contributed by atoms with Gasteiger partial charge in [0, 0.05) is 18.6 Å². The number of hydrogen-bond acceptors (Lipinski definition) is 5. The fourth-order valence-corrected chi connectivity index (χ4v) is 4.04. The molecule has 7 heteroatoms. The van der Waals surface area contributed by atoms with Crippen molar-refractivity contribution in [3.8, 4) is 0 Å². The van der Waals surface area contributed by atoms with Gasteiger partial charge >= 0.3 is 0 Å². The van der Waals surface area contributed by atoms with Crippen LogP contribution in [0, 0.1) is 11.8 Å². The highest BCUT2D eigenvalue weighted by Crippen LogP contribution is 2.37. The van der Waals surface area contributed by atoms with Gasteiger partial charge in [-0.3, -0.25) is 14.4 Å². The average molecular weight is 333 g/mol. The molecule has 4 aliphatic rings. The van der Waals surface area contributed by atoms with Crippen molar-refractivity contribution < 1.29 is 9.90 Å². The fraction of sp³-hybridized carbons (Fsp3) is 0.824. The number of amides is 1. The summed E-state index contributed by atoms with van der Waals surface area (Å²) < 4.78 is 1.83. The molecule has 2 bridgehead atoms. The van der Waals surface area contributed by atoms with E-state index >= 15 is 0 Å². The van der Waals surface area contributed by atoms with Gasteiger partial charge in [0.25, 0.3) is 0 Å². The molecule has 3 saturated heterocycles. The van der Waals surface area contributed by atoms with E-state index in [1.54, 1.807) is 13.8 Å². The minimum atomic E-state index is -0.962. The summed E-state index contributed by atoms with van der Waals surface area (Å²) in [5, 5.41) is 21.4. The Balaban J connectivity index is 1.38. The summed E-state index contributed by atoms with van der Waals surface area (Å²) in [7, 11) is 0. The number of aromatic nitrogens is 3. The number of nitrogens with zero attached hydrogens (tertiary/aromatic N) is 4. The number of nitrogens with one attached hydrogen (secondary N) is 1. The van der Waals surface area contributed by atoms with Crippen molar-refractivity contribution in [2.45, 2.75) is 63.8 Å². The normalized spacial score (nSPS) is 32.8. The molecule has 0 spiro atoms. The maximum Gasteiger partial charge on any atom is 0.224 e. The summed E-state index contributed by atoms with van der Waals surface area (Å²) >= 11 is 0. The number of piperidine rings is 3. The lowest BCUT2D eigenvalue weighted by molar-refractivity contribution is -0.133. The van der Waals surface area contributed by atoms with Crippen LogP contribution in [0.1, 0.15) is 45.2 Å². The summed E-state index contributed by atoms with van der Waals surface area (Å²) in [5.41, 5.74) is -0.365. The highest BCUT2D eigenvalue weighted by Gasteiger charge is 2.44. The first-order chi connectivity index (χ1) is 11.4. The van der Waals surface area contributed by atoms with Crippen LogP contribution >= 0.6 is 0 Å². The molecule has 7 nitrogen and oxygen atoms in total. The van der Waals surface area contributed by atoms with E-state index in [1.807, 2.05) is 10.9 Å². The molecule has 132 valence electrons. The van der Waals surface area contributed by atoms with Crippen LogP contribution in [0.2, 0.25) is 0 Å². The number of aliphatic hydroxyl groups is 1. The van der Waals surface area contributed by atoms with Gasteiger partial charge in [-0.05, 0) is 52.0 Å². The van der Waals surface area contributed by atoms with E-state index < -0.39 is 5.60 Å². The first-order valence-electron chi connectivity index (χ1n) is 9.07. The zero-order chi connectivity index (χ0) is 16.9. The first kappa shape index (κ1) is 16.0. The molecule has 4 fully saturated rings. The van der Waals surface area contributed by atoms with Crippen LogP contribution < -0.4 is 5.32 Å². The zero-order valence-electron chi connectivity index (χ0n) is 14.5. The molecular weight excluding hydrogens is 306 g/mol. The summed E-state index contributed by atoms with van der Waals surface area (Å²) in [5.74, 6) is 0.894. The van der Waals surface area contributed by atoms with E-state index in [0.717, 1.165) is 45.3 Å². The Kier molecular flexibility index (Phi) is 3.88. The van der Waals surface area contributed by atoms with Crippen LogP contribution in [0.15, 0.2) is 6.20 Å². The van der Waals surface area contributed by atoms with Gasteiger partial charge in [-0.1, -0.05) is 5.21 Å². The largest absolute Gasteiger partial charge is 0.384 e. The van der Waals surface area contributed by atoms with E-state index in [2.05, 4.69) is 20.5 Å².